The summed E-state index contributed by atoms with van der Waals surface area (Å²) < 4.78 is 10.7. The summed E-state index contributed by atoms with van der Waals surface area (Å²) >= 11 is 0. The molecule has 156 valence electrons. The fraction of sp³-hybridized carbons (Fsp3) is 0.500. The maximum atomic E-state index is 12.7. The first-order chi connectivity index (χ1) is 14.1. The van der Waals surface area contributed by atoms with Crippen molar-refractivity contribution in [1.29, 1.82) is 0 Å². The number of ether oxygens (including phenoxy) is 1. The second-order valence-electron chi connectivity index (χ2n) is 7.36. The number of oxazole rings is 1. The molecule has 1 aliphatic rings. The predicted molar refractivity (Wildman–Crippen MR) is 109 cm³/mol. The van der Waals surface area contributed by atoms with Crippen LogP contribution in [-0.4, -0.2) is 55.0 Å². The van der Waals surface area contributed by atoms with Crippen LogP contribution in [0.25, 0.3) is 11.5 Å². The molecule has 1 saturated heterocycles. The largest absolute Gasteiger partial charge is 0.441 e. The zero-order valence-corrected chi connectivity index (χ0v) is 17.1. The van der Waals surface area contributed by atoms with E-state index in [0.29, 0.717) is 56.4 Å². The van der Waals surface area contributed by atoms with Gasteiger partial charge >= 0.3 is 0 Å². The molecule has 29 heavy (non-hydrogen) atoms. The number of likely N-dealkylation sites (tertiary alicyclic amines) is 1. The first kappa shape index (κ1) is 21.0. The molecule has 3 rings (SSSR count). The highest BCUT2D eigenvalue weighted by Gasteiger charge is 2.28. The van der Waals surface area contributed by atoms with Crippen LogP contribution in [0.4, 0.5) is 0 Å². The third-order valence-corrected chi connectivity index (χ3v) is 5.27. The molecular weight excluding hydrogens is 370 g/mol. The lowest BCUT2D eigenvalue weighted by Crippen LogP contribution is -2.43. The topological polar surface area (TPSA) is 84.7 Å². The molecular formula is C22H29N3O4. The summed E-state index contributed by atoms with van der Waals surface area (Å²) in [5.41, 5.74) is 1.57. The lowest BCUT2D eigenvalue weighted by atomic mass is 9.95. The number of carbonyl (C=O) groups excluding carboxylic acids is 2. The van der Waals surface area contributed by atoms with Crippen molar-refractivity contribution >= 4 is 11.8 Å². The summed E-state index contributed by atoms with van der Waals surface area (Å²) in [5.74, 6) is 1.28. The molecule has 1 N–H and O–H groups in total. The molecule has 0 saturated carbocycles. The summed E-state index contributed by atoms with van der Waals surface area (Å²) in [6.07, 6.45) is 2.40. The van der Waals surface area contributed by atoms with Gasteiger partial charge in [0.15, 0.2) is 0 Å². The number of amides is 2. The molecule has 0 aliphatic carbocycles. The molecule has 1 aromatic heterocycles. The molecule has 0 spiro atoms. The molecule has 0 bridgehead atoms. The van der Waals surface area contributed by atoms with E-state index >= 15 is 0 Å². The van der Waals surface area contributed by atoms with Crippen LogP contribution in [0.5, 0.6) is 0 Å². The molecule has 7 nitrogen and oxygen atoms in total. The molecule has 1 fully saturated rings. The van der Waals surface area contributed by atoms with Crippen LogP contribution >= 0.6 is 0 Å². The van der Waals surface area contributed by atoms with Gasteiger partial charge in [-0.15, -0.1) is 0 Å². The van der Waals surface area contributed by atoms with Gasteiger partial charge in [0.25, 0.3) is 0 Å². The summed E-state index contributed by atoms with van der Waals surface area (Å²) in [7, 11) is 1.65. The number of nitrogens with one attached hydrogen (secondary N) is 1. The molecule has 7 heteroatoms. The molecule has 0 atom stereocenters. The van der Waals surface area contributed by atoms with Crippen molar-refractivity contribution in [3.8, 4) is 11.5 Å². The van der Waals surface area contributed by atoms with E-state index in [-0.39, 0.29) is 24.2 Å². The van der Waals surface area contributed by atoms with Crippen molar-refractivity contribution in [2.24, 2.45) is 5.92 Å². The summed E-state index contributed by atoms with van der Waals surface area (Å²) in [5, 5.41) is 2.95. The Hall–Kier alpha value is -2.67. The number of nitrogens with zero attached hydrogens (tertiary/aromatic N) is 2. The molecule has 2 amide bonds. The van der Waals surface area contributed by atoms with E-state index in [9.17, 15) is 9.59 Å². The number of piperidine rings is 1. The van der Waals surface area contributed by atoms with Crippen LogP contribution in [0.3, 0.4) is 0 Å². The van der Waals surface area contributed by atoms with Crippen molar-refractivity contribution < 1.29 is 18.7 Å². The molecule has 0 radical (unpaired) electrons. The second kappa shape index (κ2) is 10.2. The van der Waals surface area contributed by atoms with E-state index in [2.05, 4.69) is 10.3 Å². The first-order valence-corrected chi connectivity index (χ1v) is 10.1. The van der Waals surface area contributed by atoms with Crippen molar-refractivity contribution in [2.45, 2.75) is 32.6 Å². The standard InChI is InChI=1S/C22H29N3O4/c1-16-19(24-22(29-16)18-7-4-3-5-8-18)15-20(26)25-12-9-17(10-13-25)21(27)23-11-6-14-28-2/h3-5,7-8,17H,6,9-15H2,1-2H3,(H,23,27). The molecule has 2 aromatic rings. The van der Waals surface area contributed by atoms with Crippen molar-refractivity contribution in [3.63, 3.8) is 0 Å². The van der Waals surface area contributed by atoms with Gasteiger partial charge in [0, 0.05) is 44.8 Å². The van der Waals surface area contributed by atoms with Gasteiger partial charge in [-0.1, -0.05) is 18.2 Å². The second-order valence-corrected chi connectivity index (χ2v) is 7.36. The third kappa shape index (κ3) is 5.67. The monoisotopic (exact) mass is 399 g/mol. The SMILES string of the molecule is COCCCNC(=O)C1CCN(C(=O)Cc2nc(-c3ccccc3)oc2C)CC1. The maximum absolute atomic E-state index is 12.7. The molecule has 2 heterocycles. The van der Waals surface area contributed by atoms with Crippen LogP contribution in [0.1, 0.15) is 30.7 Å². The highest BCUT2D eigenvalue weighted by Crippen LogP contribution is 2.23. The lowest BCUT2D eigenvalue weighted by Gasteiger charge is -2.31. The van der Waals surface area contributed by atoms with Crippen molar-refractivity contribution in [3.05, 3.63) is 41.8 Å². The quantitative estimate of drug-likeness (QED) is 0.690. The fourth-order valence-electron chi connectivity index (χ4n) is 3.51. The predicted octanol–water partition coefficient (Wildman–Crippen LogP) is 2.58. The van der Waals surface area contributed by atoms with Crippen LogP contribution in [0.2, 0.25) is 0 Å². The zero-order chi connectivity index (χ0) is 20.6. The highest BCUT2D eigenvalue weighted by molar-refractivity contribution is 5.81. The van der Waals surface area contributed by atoms with Gasteiger partial charge < -0.3 is 19.4 Å². The number of aromatic nitrogens is 1. The minimum absolute atomic E-state index is 0.0277. The average molecular weight is 399 g/mol. The van der Waals surface area contributed by atoms with Crippen LogP contribution in [-0.2, 0) is 20.7 Å². The molecule has 1 aromatic carbocycles. The fourth-order valence-corrected chi connectivity index (χ4v) is 3.51. The lowest BCUT2D eigenvalue weighted by molar-refractivity contribution is -0.135. The molecule has 1 aliphatic heterocycles. The Morgan fingerprint density at radius 1 is 1.24 bits per heavy atom. The number of carbonyl (C=O) groups is 2. The number of hydrogen-bond acceptors (Lipinski definition) is 5. The normalized spacial score (nSPS) is 14.8. The Bertz CT molecular complexity index is 811. The zero-order valence-electron chi connectivity index (χ0n) is 17.1. The van der Waals surface area contributed by atoms with Gasteiger partial charge in [-0.25, -0.2) is 4.98 Å². The maximum Gasteiger partial charge on any atom is 0.228 e. The van der Waals surface area contributed by atoms with E-state index in [1.54, 1.807) is 7.11 Å². The van der Waals surface area contributed by atoms with Crippen molar-refractivity contribution in [2.75, 3.05) is 33.4 Å². The summed E-state index contributed by atoms with van der Waals surface area (Å²) in [6, 6.07) is 9.66. The molecule has 0 unspecified atom stereocenters. The minimum atomic E-state index is -0.0277. The van der Waals surface area contributed by atoms with E-state index in [1.807, 2.05) is 42.2 Å². The first-order valence-electron chi connectivity index (χ1n) is 10.1. The van der Waals surface area contributed by atoms with Gasteiger partial charge in [-0.2, -0.15) is 0 Å². The number of aryl methyl sites for hydroxylation is 1. The van der Waals surface area contributed by atoms with Crippen LogP contribution < -0.4 is 5.32 Å². The average Bonchev–Trinajstić information content (AvgIpc) is 3.12. The Labute approximate surface area is 171 Å². The Kier molecular flexibility index (Phi) is 7.41. The van der Waals surface area contributed by atoms with E-state index < -0.39 is 0 Å². The summed E-state index contributed by atoms with van der Waals surface area (Å²) in [6.45, 7) is 4.29. The third-order valence-electron chi connectivity index (χ3n) is 5.27. The van der Waals surface area contributed by atoms with E-state index in [0.717, 1.165) is 12.0 Å². The van der Waals surface area contributed by atoms with Gasteiger partial charge in [-0.05, 0) is 38.3 Å². The van der Waals surface area contributed by atoms with Gasteiger partial charge in [-0.3, -0.25) is 9.59 Å². The van der Waals surface area contributed by atoms with E-state index in [4.69, 9.17) is 9.15 Å². The number of hydrogen-bond donors (Lipinski definition) is 1. The van der Waals surface area contributed by atoms with Gasteiger partial charge in [0.05, 0.1) is 12.1 Å². The highest BCUT2D eigenvalue weighted by atomic mass is 16.5. The number of benzene rings is 1. The smallest absolute Gasteiger partial charge is 0.228 e. The van der Waals surface area contributed by atoms with Crippen LogP contribution in [0, 0.1) is 12.8 Å². The van der Waals surface area contributed by atoms with Crippen LogP contribution in [0.15, 0.2) is 34.7 Å². The van der Waals surface area contributed by atoms with Gasteiger partial charge in [0.1, 0.15) is 5.76 Å². The Morgan fingerprint density at radius 2 is 1.97 bits per heavy atom. The number of methoxy groups -OCH3 is 1. The Balaban J connectivity index is 1.49. The Morgan fingerprint density at radius 3 is 2.66 bits per heavy atom. The van der Waals surface area contributed by atoms with Crippen molar-refractivity contribution in [1.82, 2.24) is 15.2 Å². The number of rotatable bonds is 8. The minimum Gasteiger partial charge on any atom is -0.441 e. The summed E-state index contributed by atoms with van der Waals surface area (Å²) in [4.78, 5) is 31.3. The van der Waals surface area contributed by atoms with E-state index in [1.165, 1.54) is 0 Å². The van der Waals surface area contributed by atoms with Gasteiger partial charge in [0.2, 0.25) is 17.7 Å².